The molecule has 0 bridgehead atoms. The van der Waals surface area contributed by atoms with Crippen molar-refractivity contribution in [3.8, 4) is 0 Å². The summed E-state index contributed by atoms with van der Waals surface area (Å²) in [6.07, 6.45) is 0.371. The maximum atomic E-state index is 13.3. The molecule has 1 aliphatic heterocycles. The van der Waals surface area contributed by atoms with Crippen LogP contribution in [-0.4, -0.2) is 63.9 Å². The standard InChI is InChI=1S/C18H27BrN4O7/c1-5-28-13(14-20-9-11(19)29-14)12(21-17(27)30-18(2,3)4)15(24)23-8-6-7-10(22-23)16(25)26/h9-10,12-13,22H,5-8H2,1-4H3,(H,21,27)(H,25,26)/t10-,12-,13+/m0/s1. The van der Waals surface area contributed by atoms with Crippen LogP contribution in [0.15, 0.2) is 15.3 Å². The normalized spacial score (nSPS) is 19.1. The molecule has 0 aliphatic carbocycles. The molecule has 11 nitrogen and oxygen atoms in total. The largest absolute Gasteiger partial charge is 0.480 e. The van der Waals surface area contributed by atoms with Gasteiger partial charge in [-0.2, -0.15) is 0 Å². The smallest absolute Gasteiger partial charge is 0.408 e. The molecule has 1 aliphatic rings. The number of amides is 2. The van der Waals surface area contributed by atoms with Crippen molar-refractivity contribution in [3.05, 3.63) is 16.8 Å². The van der Waals surface area contributed by atoms with Crippen LogP contribution in [0.2, 0.25) is 0 Å². The maximum Gasteiger partial charge on any atom is 0.408 e. The summed E-state index contributed by atoms with van der Waals surface area (Å²) < 4.78 is 16.8. The van der Waals surface area contributed by atoms with Gasteiger partial charge < -0.3 is 24.3 Å². The van der Waals surface area contributed by atoms with E-state index in [0.29, 0.717) is 17.5 Å². The fraction of sp³-hybridized carbons (Fsp3) is 0.667. The molecule has 0 unspecified atom stereocenters. The number of hydrogen-bond donors (Lipinski definition) is 3. The van der Waals surface area contributed by atoms with Crippen molar-refractivity contribution in [3.63, 3.8) is 0 Å². The van der Waals surface area contributed by atoms with Gasteiger partial charge in [0.25, 0.3) is 5.91 Å². The number of halogens is 1. The molecule has 12 heteroatoms. The van der Waals surface area contributed by atoms with E-state index >= 15 is 0 Å². The Bertz CT molecular complexity index is 764. The highest BCUT2D eigenvalue weighted by atomic mass is 79.9. The average Bonchev–Trinajstić information content (AvgIpc) is 3.08. The number of carboxylic acid groups (broad SMARTS) is 1. The first-order valence-electron chi connectivity index (χ1n) is 9.54. The van der Waals surface area contributed by atoms with Crippen LogP contribution in [0.25, 0.3) is 0 Å². The van der Waals surface area contributed by atoms with Crippen LogP contribution in [0.1, 0.15) is 52.5 Å². The monoisotopic (exact) mass is 490 g/mol. The predicted octanol–water partition coefficient (Wildman–Crippen LogP) is 1.99. The Morgan fingerprint density at radius 1 is 1.47 bits per heavy atom. The summed E-state index contributed by atoms with van der Waals surface area (Å²) in [5, 5.41) is 13.0. The van der Waals surface area contributed by atoms with E-state index in [0.717, 1.165) is 0 Å². The molecule has 1 saturated heterocycles. The Kier molecular flexibility index (Phi) is 8.21. The predicted molar refractivity (Wildman–Crippen MR) is 107 cm³/mol. The van der Waals surface area contributed by atoms with E-state index in [9.17, 15) is 19.5 Å². The number of nitrogens with zero attached hydrogens (tertiary/aromatic N) is 2. The van der Waals surface area contributed by atoms with Crippen LogP contribution in [0.4, 0.5) is 4.79 Å². The number of aromatic nitrogens is 1. The second-order valence-corrected chi connectivity index (χ2v) is 8.44. The summed E-state index contributed by atoms with van der Waals surface area (Å²) in [6, 6.07) is -2.18. The van der Waals surface area contributed by atoms with Crippen molar-refractivity contribution in [2.75, 3.05) is 13.2 Å². The third-order valence-electron chi connectivity index (χ3n) is 4.08. The van der Waals surface area contributed by atoms with Gasteiger partial charge in [0.2, 0.25) is 5.89 Å². The number of hydrogen-bond acceptors (Lipinski definition) is 8. The van der Waals surface area contributed by atoms with E-state index in [-0.39, 0.29) is 19.0 Å². The fourth-order valence-electron chi connectivity index (χ4n) is 2.88. The van der Waals surface area contributed by atoms with Crippen molar-refractivity contribution in [1.82, 2.24) is 20.7 Å². The molecule has 168 valence electrons. The molecule has 30 heavy (non-hydrogen) atoms. The minimum Gasteiger partial charge on any atom is -0.480 e. The van der Waals surface area contributed by atoms with E-state index in [1.165, 1.54) is 11.2 Å². The number of rotatable bonds is 7. The topological polar surface area (TPSA) is 143 Å². The molecule has 1 aromatic rings. The van der Waals surface area contributed by atoms with Crippen LogP contribution in [-0.2, 0) is 19.1 Å². The van der Waals surface area contributed by atoms with Gasteiger partial charge in [0.15, 0.2) is 10.8 Å². The lowest BCUT2D eigenvalue weighted by Gasteiger charge is -2.36. The van der Waals surface area contributed by atoms with E-state index in [2.05, 4.69) is 31.7 Å². The fourth-order valence-corrected chi connectivity index (χ4v) is 3.15. The number of oxazole rings is 1. The lowest BCUT2D eigenvalue weighted by Crippen LogP contribution is -2.61. The zero-order valence-corrected chi connectivity index (χ0v) is 18.9. The molecule has 2 rings (SSSR count). The van der Waals surface area contributed by atoms with Crippen molar-refractivity contribution in [2.24, 2.45) is 0 Å². The molecule has 3 N–H and O–H groups in total. The zero-order valence-electron chi connectivity index (χ0n) is 17.3. The summed E-state index contributed by atoms with van der Waals surface area (Å²) in [5.74, 6) is -1.59. The van der Waals surface area contributed by atoms with Crippen molar-refractivity contribution in [2.45, 2.75) is 64.3 Å². The molecule has 1 aromatic heterocycles. The molecule has 2 heterocycles. The van der Waals surface area contributed by atoms with E-state index in [1.807, 2.05) is 0 Å². The zero-order chi connectivity index (χ0) is 22.5. The number of alkyl carbamates (subject to hydrolysis) is 1. The average molecular weight is 491 g/mol. The van der Waals surface area contributed by atoms with Gasteiger partial charge in [-0.05, 0) is 56.5 Å². The molecule has 0 spiro atoms. The van der Waals surface area contributed by atoms with Gasteiger partial charge in [-0.25, -0.2) is 15.2 Å². The van der Waals surface area contributed by atoms with Gasteiger partial charge in [0.1, 0.15) is 17.7 Å². The molecule has 0 radical (unpaired) electrons. The first-order valence-corrected chi connectivity index (χ1v) is 10.3. The lowest BCUT2D eigenvalue weighted by atomic mass is 10.1. The lowest BCUT2D eigenvalue weighted by molar-refractivity contribution is -0.150. The first-order chi connectivity index (χ1) is 14.0. The van der Waals surface area contributed by atoms with Crippen LogP contribution < -0.4 is 10.7 Å². The molecule has 2 amide bonds. The minimum atomic E-state index is -1.27. The van der Waals surface area contributed by atoms with Crippen LogP contribution in [0.3, 0.4) is 0 Å². The summed E-state index contributed by atoms with van der Waals surface area (Å²) >= 11 is 3.16. The highest BCUT2D eigenvalue weighted by molar-refractivity contribution is 9.10. The highest BCUT2D eigenvalue weighted by Gasteiger charge is 2.40. The number of aliphatic carboxylic acids is 1. The van der Waals surface area contributed by atoms with Gasteiger partial charge >= 0.3 is 12.1 Å². The maximum absolute atomic E-state index is 13.3. The third kappa shape index (κ3) is 6.67. The number of carbonyl (C=O) groups is 3. The van der Waals surface area contributed by atoms with Gasteiger partial charge in [-0.15, -0.1) is 0 Å². The summed E-state index contributed by atoms with van der Waals surface area (Å²) in [4.78, 5) is 41.2. The Balaban J connectivity index is 2.32. The van der Waals surface area contributed by atoms with E-state index in [1.54, 1.807) is 27.7 Å². The van der Waals surface area contributed by atoms with E-state index in [4.69, 9.17) is 13.9 Å². The Hall–Kier alpha value is -2.18. The summed E-state index contributed by atoms with van der Waals surface area (Å²) in [6.45, 7) is 7.27. The SMILES string of the molecule is CCO[C@@H](c1ncc(Br)o1)[C@H](NC(=O)OC(C)(C)C)C(=O)N1CCC[C@@H](C(=O)O)N1. The molecule has 1 fully saturated rings. The second-order valence-electron chi connectivity index (χ2n) is 7.65. The summed E-state index contributed by atoms with van der Waals surface area (Å²) in [5.41, 5.74) is 1.90. The van der Waals surface area contributed by atoms with Crippen LogP contribution in [0.5, 0.6) is 0 Å². The highest BCUT2D eigenvalue weighted by Crippen LogP contribution is 2.26. The second kappa shape index (κ2) is 10.2. The first kappa shape index (κ1) is 24.1. The molecule has 0 aromatic carbocycles. The van der Waals surface area contributed by atoms with Crippen molar-refractivity contribution in [1.29, 1.82) is 0 Å². The molecule has 3 atom stereocenters. The Labute approximate surface area is 182 Å². The molecule has 0 saturated carbocycles. The minimum absolute atomic E-state index is 0.0740. The van der Waals surface area contributed by atoms with Gasteiger partial charge in [-0.1, -0.05) is 0 Å². The number of carboxylic acids is 1. The molecular formula is C18H27BrN4O7. The quantitative estimate of drug-likeness (QED) is 0.522. The third-order valence-corrected chi connectivity index (χ3v) is 4.44. The molecular weight excluding hydrogens is 464 g/mol. The number of nitrogens with one attached hydrogen (secondary N) is 2. The van der Waals surface area contributed by atoms with Crippen molar-refractivity contribution >= 4 is 33.9 Å². The number of hydrazine groups is 1. The summed E-state index contributed by atoms with van der Waals surface area (Å²) in [7, 11) is 0. The van der Waals surface area contributed by atoms with Gasteiger partial charge in [-0.3, -0.25) is 14.6 Å². The van der Waals surface area contributed by atoms with Crippen molar-refractivity contribution < 1.29 is 33.4 Å². The van der Waals surface area contributed by atoms with Crippen LogP contribution >= 0.6 is 15.9 Å². The van der Waals surface area contributed by atoms with Gasteiger partial charge in [0, 0.05) is 13.2 Å². The Morgan fingerprint density at radius 2 is 2.17 bits per heavy atom. The van der Waals surface area contributed by atoms with Crippen LogP contribution in [0, 0.1) is 0 Å². The van der Waals surface area contributed by atoms with E-state index < -0.39 is 41.8 Å². The number of ether oxygens (including phenoxy) is 2. The number of carbonyl (C=O) groups excluding carboxylic acids is 2. The Morgan fingerprint density at radius 3 is 2.70 bits per heavy atom. The van der Waals surface area contributed by atoms with Gasteiger partial charge in [0.05, 0.1) is 6.20 Å².